The van der Waals surface area contributed by atoms with Crippen molar-refractivity contribution in [3.8, 4) is 0 Å². The van der Waals surface area contributed by atoms with Crippen LogP contribution in [0.5, 0.6) is 0 Å². The van der Waals surface area contributed by atoms with Crippen LogP contribution in [0.1, 0.15) is 13.8 Å². The number of hydrogen-bond acceptors (Lipinski definition) is 4. The molecule has 2 N–H and O–H groups in total. The maximum absolute atomic E-state index is 8.93. The molecule has 4 heteroatoms. The average molecular weight is 176 g/mol. The van der Waals surface area contributed by atoms with Gasteiger partial charge in [0.05, 0.1) is 26.4 Å². The molecule has 1 saturated heterocycles. The van der Waals surface area contributed by atoms with E-state index in [4.69, 9.17) is 19.7 Å². The highest BCUT2D eigenvalue weighted by Gasteiger charge is 2.38. The summed E-state index contributed by atoms with van der Waals surface area (Å²) in [5.74, 6) is 0. The van der Waals surface area contributed by atoms with Gasteiger partial charge < -0.3 is 19.7 Å². The Hall–Kier alpha value is -0.160. The van der Waals surface area contributed by atoms with E-state index < -0.39 is 11.2 Å². The van der Waals surface area contributed by atoms with E-state index >= 15 is 0 Å². The van der Waals surface area contributed by atoms with Crippen molar-refractivity contribution in [2.24, 2.45) is 0 Å². The summed E-state index contributed by atoms with van der Waals surface area (Å²) in [6.45, 7) is 4.08. The summed E-state index contributed by atoms with van der Waals surface area (Å²) in [4.78, 5) is 0. The zero-order chi connectivity index (χ0) is 9.24. The summed E-state index contributed by atoms with van der Waals surface area (Å²) < 4.78 is 10.8. The molecule has 2 unspecified atom stereocenters. The van der Waals surface area contributed by atoms with Gasteiger partial charge in [-0.1, -0.05) is 0 Å². The summed E-state index contributed by atoms with van der Waals surface area (Å²) in [7, 11) is 0. The van der Waals surface area contributed by atoms with Crippen molar-refractivity contribution in [2.75, 3.05) is 26.4 Å². The quantitative estimate of drug-likeness (QED) is 0.597. The third-order valence-electron chi connectivity index (χ3n) is 2.12. The van der Waals surface area contributed by atoms with Crippen LogP contribution in [-0.4, -0.2) is 47.8 Å². The Bertz CT molecular complexity index is 131. The normalized spacial score (nSPS) is 43.0. The highest BCUT2D eigenvalue weighted by atomic mass is 16.6. The Morgan fingerprint density at radius 2 is 1.33 bits per heavy atom. The molecule has 72 valence electrons. The van der Waals surface area contributed by atoms with Crippen molar-refractivity contribution in [1.82, 2.24) is 0 Å². The van der Waals surface area contributed by atoms with Crippen LogP contribution in [0, 0.1) is 0 Å². The number of rotatable bonds is 2. The van der Waals surface area contributed by atoms with Gasteiger partial charge in [0.2, 0.25) is 0 Å². The van der Waals surface area contributed by atoms with Gasteiger partial charge in [0.25, 0.3) is 0 Å². The first-order valence-electron chi connectivity index (χ1n) is 4.03. The second-order valence-electron chi connectivity index (χ2n) is 3.79. The lowest BCUT2D eigenvalue weighted by molar-refractivity contribution is -0.242. The number of hydrogen-bond donors (Lipinski definition) is 2. The lowest BCUT2D eigenvalue weighted by atomic mass is 10.0. The lowest BCUT2D eigenvalue weighted by Gasteiger charge is -2.41. The fourth-order valence-corrected chi connectivity index (χ4v) is 0.920. The van der Waals surface area contributed by atoms with E-state index in [1.807, 2.05) is 0 Å². The van der Waals surface area contributed by atoms with Gasteiger partial charge in [-0.2, -0.15) is 0 Å². The van der Waals surface area contributed by atoms with Crippen LogP contribution < -0.4 is 0 Å². The first-order valence-corrected chi connectivity index (χ1v) is 4.03. The third-order valence-corrected chi connectivity index (χ3v) is 2.12. The van der Waals surface area contributed by atoms with Crippen LogP contribution in [0.2, 0.25) is 0 Å². The van der Waals surface area contributed by atoms with Gasteiger partial charge in [0.1, 0.15) is 11.2 Å². The molecule has 0 aliphatic carbocycles. The maximum atomic E-state index is 8.93. The summed E-state index contributed by atoms with van der Waals surface area (Å²) >= 11 is 0. The Morgan fingerprint density at radius 3 is 1.50 bits per heavy atom. The van der Waals surface area contributed by atoms with Crippen molar-refractivity contribution in [2.45, 2.75) is 25.0 Å². The van der Waals surface area contributed by atoms with Gasteiger partial charge in [-0.3, -0.25) is 0 Å². The molecule has 0 aromatic carbocycles. The summed E-state index contributed by atoms with van der Waals surface area (Å²) in [6, 6.07) is 0. The van der Waals surface area contributed by atoms with Crippen molar-refractivity contribution < 1.29 is 19.7 Å². The molecular formula is C8H16O4. The minimum atomic E-state index is -0.602. The average Bonchev–Trinajstić information content (AvgIpc) is 2.11. The molecule has 0 saturated carbocycles. The van der Waals surface area contributed by atoms with Crippen LogP contribution in [0.3, 0.4) is 0 Å². The predicted octanol–water partition coefficient (Wildman–Crippen LogP) is -0.465. The van der Waals surface area contributed by atoms with Crippen molar-refractivity contribution in [1.29, 1.82) is 0 Å². The second-order valence-corrected chi connectivity index (χ2v) is 3.79. The minimum absolute atomic E-state index is 0.0610. The monoisotopic (exact) mass is 176 g/mol. The summed E-state index contributed by atoms with van der Waals surface area (Å²) in [5, 5.41) is 17.9. The van der Waals surface area contributed by atoms with E-state index in [0.29, 0.717) is 13.2 Å². The number of ether oxygens (including phenoxy) is 2. The molecule has 1 rings (SSSR count). The van der Waals surface area contributed by atoms with Crippen LogP contribution in [0.4, 0.5) is 0 Å². The van der Waals surface area contributed by atoms with E-state index in [2.05, 4.69) is 0 Å². The van der Waals surface area contributed by atoms with E-state index in [0.717, 1.165) is 0 Å². The van der Waals surface area contributed by atoms with Crippen molar-refractivity contribution in [3.05, 3.63) is 0 Å². The SMILES string of the molecule is CC1(CO)COC(C)(CO)CO1. The van der Waals surface area contributed by atoms with Gasteiger partial charge in [0, 0.05) is 0 Å². The molecule has 4 nitrogen and oxygen atoms in total. The highest BCUT2D eigenvalue weighted by molar-refractivity contribution is 4.85. The van der Waals surface area contributed by atoms with Crippen LogP contribution >= 0.6 is 0 Å². The summed E-state index contributed by atoms with van der Waals surface area (Å²) in [5.41, 5.74) is -1.20. The summed E-state index contributed by atoms with van der Waals surface area (Å²) in [6.07, 6.45) is 0. The minimum Gasteiger partial charge on any atom is -0.393 e. The smallest absolute Gasteiger partial charge is 0.112 e. The third kappa shape index (κ3) is 1.95. The van der Waals surface area contributed by atoms with E-state index in [1.165, 1.54) is 0 Å². The largest absolute Gasteiger partial charge is 0.393 e. The predicted molar refractivity (Wildman–Crippen MR) is 42.9 cm³/mol. The molecule has 1 aliphatic heterocycles. The van der Waals surface area contributed by atoms with Crippen LogP contribution in [-0.2, 0) is 9.47 Å². The van der Waals surface area contributed by atoms with Gasteiger partial charge >= 0.3 is 0 Å². The first kappa shape index (κ1) is 9.92. The molecule has 0 aromatic heterocycles. The van der Waals surface area contributed by atoms with Crippen LogP contribution in [0.25, 0.3) is 0 Å². The molecule has 0 bridgehead atoms. The Morgan fingerprint density at radius 1 is 1.00 bits per heavy atom. The standard InChI is InChI=1S/C8H16O4/c1-7(3-9)5-12-8(2,4-10)6-11-7/h9-10H,3-6H2,1-2H3. The molecule has 2 atom stereocenters. The Labute approximate surface area is 72.1 Å². The lowest BCUT2D eigenvalue weighted by Crippen LogP contribution is -2.54. The van der Waals surface area contributed by atoms with Crippen molar-refractivity contribution in [3.63, 3.8) is 0 Å². The second kappa shape index (κ2) is 3.30. The fourth-order valence-electron chi connectivity index (χ4n) is 0.920. The van der Waals surface area contributed by atoms with Crippen molar-refractivity contribution >= 4 is 0 Å². The molecule has 0 radical (unpaired) electrons. The van der Waals surface area contributed by atoms with Gasteiger partial charge in [-0.05, 0) is 13.8 Å². The number of aliphatic hydroxyl groups excluding tert-OH is 2. The molecule has 12 heavy (non-hydrogen) atoms. The molecule has 1 fully saturated rings. The fraction of sp³-hybridized carbons (Fsp3) is 1.00. The molecule has 0 aromatic rings. The zero-order valence-electron chi connectivity index (χ0n) is 7.54. The Balaban J connectivity index is 2.49. The zero-order valence-corrected chi connectivity index (χ0v) is 7.54. The highest BCUT2D eigenvalue weighted by Crippen LogP contribution is 2.24. The van der Waals surface area contributed by atoms with Gasteiger partial charge in [-0.15, -0.1) is 0 Å². The van der Waals surface area contributed by atoms with Gasteiger partial charge in [0.15, 0.2) is 0 Å². The number of aliphatic hydroxyl groups is 2. The van der Waals surface area contributed by atoms with E-state index in [1.54, 1.807) is 13.8 Å². The maximum Gasteiger partial charge on any atom is 0.112 e. The molecule has 0 spiro atoms. The molecule has 1 aliphatic rings. The molecular weight excluding hydrogens is 160 g/mol. The van der Waals surface area contributed by atoms with Crippen LogP contribution in [0.15, 0.2) is 0 Å². The Kier molecular flexibility index (Phi) is 2.73. The van der Waals surface area contributed by atoms with Gasteiger partial charge in [-0.25, -0.2) is 0 Å². The molecule has 1 heterocycles. The first-order chi connectivity index (χ1) is 5.54. The van der Waals surface area contributed by atoms with E-state index in [9.17, 15) is 0 Å². The van der Waals surface area contributed by atoms with E-state index in [-0.39, 0.29) is 13.2 Å². The molecule has 0 amide bonds. The topological polar surface area (TPSA) is 58.9 Å².